The van der Waals surface area contributed by atoms with Gasteiger partial charge in [0, 0.05) is 24.8 Å². The van der Waals surface area contributed by atoms with Gasteiger partial charge in [0.05, 0.1) is 26.9 Å². The zero-order valence-corrected chi connectivity index (χ0v) is 12.5. The zero-order valence-electron chi connectivity index (χ0n) is 12.5. The van der Waals surface area contributed by atoms with Crippen LogP contribution in [0.5, 0.6) is 11.5 Å². The fraction of sp³-hybridized carbons (Fsp3) is 0.600. The number of nitrogens with zero attached hydrogens (tertiary/aromatic N) is 1. The van der Waals surface area contributed by atoms with E-state index < -0.39 is 0 Å². The number of hydrogen-bond donors (Lipinski definition) is 1. The third-order valence-corrected chi connectivity index (χ3v) is 3.99. The zero-order chi connectivity index (χ0) is 14.5. The van der Waals surface area contributed by atoms with Crippen LogP contribution in [0.3, 0.4) is 0 Å². The summed E-state index contributed by atoms with van der Waals surface area (Å²) in [6.07, 6.45) is 1.04. The van der Waals surface area contributed by atoms with E-state index in [-0.39, 0.29) is 6.04 Å². The second kappa shape index (κ2) is 6.92. The van der Waals surface area contributed by atoms with Crippen LogP contribution in [0.2, 0.25) is 0 Å². The quantitative estimate of drug-likeness (QED) is 0.854. The first-order valence-electron chi connectivity index (χ1n) is 6.93. The Labute approximate surface area is 120 Å². The number of likely N-dealkylation sites (N-methyl/N-ethyl adjacent to an activating group) is 1. The third-order valence-electron chi connectivity index (χ3n) is 3.99. The lowest BCUT2D eigenvalue weighted by atomic mass is 10.0. The second-order valence-corrected chi connectivity index (χ2v) is 5.04. The highest BCUT2D eigenvalue weighted by Gasteiger charge is 2.28. The molecule has 0 amide bonds. The maximum absolute atomic E-state index is 6.01. The van der Waals surface area contributed by atoms with E-state index in [9.17, 15) is 0 Å². The molecule has 2 unspecified atom stereocenters. The molecule has 2 N–H and O–H groups in total. The van der Waals surface area contributed by atoms with E-state index in [1.165, 1.54) is 0 Å². The summed E-state index contributed by atoms with van der Waals surface area (Å²) >= 11 is 0. The number of ether oxygens (including phenoxy) is 3. The largest absolute Gasteiger partial charge is 0.497 e. The SMILES string of the molecule is COc1ccc(OC)c(C(CN)N(C)C2CCOC2)c1. The van der Waals surface area contributed by atoms with Crippen molar-refractivity contribution in [3.8, 4) is 11.5 Å². The molecule has 112 valence electrons. The molecular weight excluding hydrogens is 256 g/mol. The maximum atomic E-state index is 6.01. The molecule has 2 atom stereocenters. The Kier molecular flexibility index (Phi) is 5.23. The van der Waals surface area contributed by atoms with Gasteiger partial charge in [0.25, 0.3) is 0 Å². The minimum Gasteiger partial charge on any atom is -0.497 e. The van der Waals surface area contributed by atoms with E-state index in [2.05, 4.69) is 11.9 Å². The van der Waals surface area contributed by atoms with Crippen molar-refractivity contribution in [1.29, 1.82) is 0 Å². The summed E-state index contributed by atoms with van der Waals surface area (Å²) in [5.41, 5.74) is 7.07. The van der Waals surface area contributed by atoms with Crippen molar-refractivity contribution >= 4 is 0 Å². The summed E-state index contributed by atoms with van der Waals surface area (Å²) in [6.45, 7) is 2.11. The van der Waals surface area contributed by atoms with Crippen LogP contribution >= 0.6 is 0 Å². The van der Waals surface area contributed by atoms with Crippen LogP contribution in [0.15, 0.2) is 18.2 Å². The molecule has 0 spiro atoms. The van der Waals surface area contributed by atoms with E-state index in [4.69, 9.17) is 19.9 Å². The van der Waals surface area contributed by atoms with Crippen LogP contribution in [0.25, 0.3) is 0 Å². The predicted octanol–water partition coefficient (Wildman–Crippen LogP) is 1.42. The minimum atomic E-state index is 0.0896. The molecule has 2 rings (SSSR count). The van der Waals surface area contributed by atoms with Gasteiger partial charge in [-0.1, -0.05) is 0 Å². The van der Waals surface area contributed by atoms with Gasteiger partial charge in [0.2, 0.25) is 0 Å². The highest BCUT2D eigenvalue weighted by atomic mass is 16.5. The molecule has 5 heteroatoms. The molecule has 0 bridgehead atoms. The van der Waals surface area contributed by atoms with Crippen molar-refractivity contribution in [2.75, 3.05) is 41.0 Å². The van der Waals surface area contributed by atoms with Crippen molar-refractivity contribution in [1.82, 2.24) is 4.90 Å². The molecule has 5 nitrogen and oxygen atoms in total. The maximum Gasteiger partial charge on any atom is 0.123 e. The Balaban J connectivity index is 2.29. The van der Waals surface area contributed by atoms with Gasteiger partial charge >= 0.3 is 0 Å². The summed E-state index contributed by atoms with van der Waals surface area (Å²) in [6, 6.07) is 6.32. The fourth-order valence-corrected chi connectivity index (χ4v) is 2.71. The van der Waals surface area contributed by atoms with Crippen molar-refractivity contribution in [3.05, 3.63) is 23.8 Å². The summed E-state index contributed by atoms with van der Waals surface area (Å²) in [5, 5.41) is 0. The lowest BCUT2D eigenvalue weighted by Gasteiger charge is -2.32. The van der Waals surface area contributed by atoms with Crippen LogP contribution in [-0.4, -0.2) is 52.0 Å². The average molecular weight is 280 g/mol. The number of benzene rings is 1. The van der Waals surface area contributed by atoms with Gasteiger partial charge in [-0.05, 0) is 31.7 Å². The standard InChI is InChI=1S/C15H24N2O3/c1-17(11-6-7-20-10-11)14(9-16)13-8-12(18-2)4-5-15(13)19-3/h4-5,8,11,14H,6-7,9-10,16H2,1-3H3. The summed E-state index contributed by atoms with van der Waals surface area (Å²) in [7, 11) is 5.44. The average Bonchev–Trinajstić information content (AvgIpc) is 3.02. The molecule has 1 aliphatic rings. The van der Waals surface area contributed by atoms with Crippen LogP contribution in [0, 0.1) is 0 Å². The molecule has 1 aromatic rings. The Bertz CT molecular complexity index is 433. The van der Waals surface area contributed by atoms with Crippen LogP contribution in [0.4, 0.5) is 0 Å². The third kappa shape index (κ3) is 3.06. The van der Waals surface area contributed by atoms with Crippen LogP contribution < -0.4 is 15.2 Å². The summed E-state index contributed by atoms with van der Waals surface area (Å²) in [4.78, 5) is 2.28. The van der Waals surface area contributed by atoms with Crippen molar-refractivity contribution in [3.63, 3.8) is 0 Å². The molecule has 0 radical (unpaired) electrons. The molecule has 1 heterocycles. The lowest BCUT2D eigenvalue weighted by Crippen LogP contribution is -2.39. The molecule has 1 aromatic carbocycles. The smallest absolute Gasteiger partial charge is 0.123 e. The molecule has 20 heavy (non-hydrogen) atoms. The lowest BCUT2D eigenvalue weighted by molar-refractivity contribution is 0.133. The molecule has 0 aliphatic carbocycles. The molecule has 1 fully saturated rings. The summed E-state index contributed by atoms with van der Waals surface area (Å²) < 4.78 is 16.3. The van der Waals surface area contributed by atoms with Gasteiger partial charge in [-0.15, -0.1) is 0 Å². The topological polar surface area (TPSA) is 57.0 Å². The molecule has 1 saturated heterocycles. The first-order valence-corrected chi connectivity index (χ1v) is 6.93. The number of nitrogens with two attached hydrogens (primary N) is 1. The Hall–Kier alpha value is -1.30. The Morgan fingerprint density at radius 2 is 2.20 bits per heavy atom. The highest BCUT2D eigenvalue weighted by Crippen LogP contribution is 2.33. The Morgan fingerprint density at radius 3 is 2.75 bits per heavy atom. The van der Waals surface area contributed by atoms with Gasteiger partial charge in [0.15, 0.2) is 0 Å². The van der Waals surface area contributed by atoms with Crippen molar-refractivity contribution < 1.29 is 14.2 Å². The Morgan fingerprint density at radius 1 is 1.40 bits per heavy atom. The van der Waals surface area contributed by atoms with Gasteiger partial charge in [-0.2, -0.15) is 0 Å². The fourth-order valence-electron chi connectivity index (χ4n) is 2.71. The molecule has 0 saturated carbocycles. The van der Waals surface area contributed by atoms with E-state index in [0.29, 0.717) is 12.6 Å². The van der Waals surface area contributed by atoms with Gasteiger partial charge < -0.3 is 19.9 Å². The van der Waals surface area contributed by atoms with Gasteiger partial charge in [0.1, 0.15) is 11.5 Å². The van der Waals surface area contributed by atoms with E-state index in [1.54, 1.807) is 14.2 Å². The summed E-state index contributed by atoms with van der Waals surface area (Å²) in [5.74, 6) is 1.65. The second-order valence-electron chi connectivity index (χ2n) is 5.04. The van der Waals surface area contributed by atoms with Crippen molar-refractivity contribution in [2.24, 2.45) is 5.73 Å². The van der Waals surface area contributed by atoms with Crippen LogP contribution in [0.1, 0.15) is 18.0 Å². The van der Waals surface area contributed by atoms with Crippen LogP contribution in [-0.2, 0) is 4.74 Å². The number of rotatable bonds is 6. The number of hydrogen-bond acceptors (Lipinski definition) is 5. The van der Waals surface area contributed by atoms with Crippen molar-refractivity contribution in [2.45, 2.75) is 18.5 Å². The predicted molar refractivity (Wildman–Crippen MR) is 78.3 cm³/mol. The normalized spacial score (nSPS) is 20.1. The number of methoxy groups -OCH3 is 2. The molecule has 1 aliphatic heterocycles. The first kappa shape index (κ1) is 15.1. The first-order chi connectivity index (χ1) is 9.71. The van der Waals surface area contributed by atoms with E-state index in [1.807, 2.05) is 18.2 Å². The molecule has 0 aromatic heterocycles. The van der Waals surface area contributed by atoms with Gasteiger partial charge in [-0.25, -0.2) is 0 Å². The monoisotopic (exact) mass is 280 g/mol. The minimum absolute atomic E-state index is 0.0896. The molecular formula is C15H24N2O3. The van der Waals surface area contributed by atoms with E-state index >= 15 is 0 Å². The van der Waals surface area contributed by atoms with E-state index in [0.717, 1.165) is 36.7 Å². The highest BCUT2D eigenvalue weighted by molar-refractivity contribution is 5.42. The van der Waals surface area contributed by atoms with Gasteiger partial charge in [-0.3, -0.25) is 4.90 Å².